The SMILES string of the molecule is Nc1ncn(CCCC(F)(F)F)c2nc(Sc3cc(Cl)cc(Cl)c3)nc1-2. The van der Waals surface area contributed by atoms with Crippen molar-refractivity contribution in [2.24, 2.45) is 0 Å². The molecule has 5 nitrogen and oxygen atoms in total. The van der Waals surface area contributed by atoms with Gasteiger partial charge in [-0.3, -0.25) is 0 Å². The summed E-state index contributed by atoms with van der Waals surface area (Å²) in [6.07, 6.45) is -3.81. The highest BCUT2D eigenvalue weighted by Gasteiger charge is 2.27. The van der Waals surface area contributed by atoms with Crippen LogP contribution in [0.4, 0.5) is 19.0 Å². The summed E-state index contributed by atoms with van der Waals surface area (Å²) in [5.74, 6) is 0.547. The summed E-state index contributed by atoms with van der Waals surface area (Å²) in [5, 5.41) is 1.32. The molecule has 11 heteroatoms. The zero-order chi connectivity index (χ0) is 18.9. The summed E-state index contributed by atoms with van der Waals surface area (Å²) in [6, 6.07) is 5.02. The monoisotopic (exact) mass is 421 g/mol. The molecular weight excluding hydrogens is 410 g/mol. The minimum absolute atomic E-state index is 0.0892. The van der Waals surface area contributed by atoms with Crippen LogP contribution >= 0.6 is 35.0 Å². The lowest BCUT2D eigenvalue weighted by molar-refractivity contribution is -0.135. The van der Waals surface area contributed by atoms with Crippen molar-refractivity contribution in [2.45, 2.75) is 35.6 Å². The van der Waals surface area contributed by atoms with Crippen molar-refractivity contribution in [3.8, 4) is 11.5 Å². The predicted octanol–water partition coefficient (Wildman–Crippen LogP) is 5.16. The van der Waals surface area contributed by atoms with Crippen molar-refractivity contribution >= 4 is 40.8 Å². The van der Waals surface area contributed by atoms with Gasteiger partial charge in [0.05, 0.1) is 6.33 Å². The number of nitrogens with zero attached hydrogens (tertiary/aromatic N) is 4. The second-order valence-electron chi connectivity index (χ2n) is 5.43. The Morgan fingerprint density at radius 2 is 1.81 bits per heavy atom. The number of alkyl halides is 3. The number of hydrogen-bond acceptors (Lipinski definition) is 5. The molecule has 0 bridgehead atoms. The van der Waals surface area contributed by atoms with Crippen LogP contribution in [-0.4, -0.2) is 25.7 Å². The van der Waals surface area contributed by atoms with E-state index in [0.717, 1.165) is 4.90 Å². The number of nitrogens with two attached hydrogens (primary N) is 1. The Morgan fingerprint density at radius 3 is 2.46 bits per heavy atom. The standard InChI is InChI=1S/C15H12Cl2F3N5S/c16-8-4-9(17)6-10(5-8)26-14-23-11-12(21)22-7-25(13(11)24-14)3-1-2-15(18,19)20/h4-7H,1-3,21H2. The molecule has 2 aliphatic heterocycles. The average Bonchev–Trinajstić information content (AvgIpc) is 2.92. The molecule has 2 N–H and O–H groups in total. The van der Waals surface area contributed by atoms with Crippen LogP contribution < -0.4 is 5.73 Å². The highest BCUT2D eigenvalue weighted by molar-refractivity contribution is 7.99. The Morgan fingerprint density at radius 1 is 1.12 bits per heavy atom. The Balaban J connectivity index is 1.85. The molecule has 0 spiro atoms. The first-order valence-corrected chi connectivity index (χ1v) is 8.97. The molecule has 0 amide bonds. The van der Waals surface area contributed by atoms with Gasteiger partial charge >= 0.3 is 6.18 Å². The number of rotatable bonds is 5. The first-order valence-electron chi connectivity index (χ1n) is 7.40. The van der Waals surface area contributed by atoms with Gasteiger partial charge in [-0.1, -0.05) is 23.2 Å². The number of imidazole rings is 1. The maximum absolute atomic E-state index is 12.4. The second-order valence-corrected chi connectivity index (χ2v) is 7.34. The van der Waals surface area contributed by atoms with E-state index in [1.54, 1.807) is 18.2 Å². The van der Waals surface area contributed by atoms with Crippen LogP contribution in [0.5, 0.6) is 0 Å². The molecular formula is C15H12Cl2F3N5S. The van der Waals surface area contributed by atoms with Gasteiger partial charge in [-0.05, 0) is 36.4 Å². The fourth-order valence-corrected chi connectivity index (χ4v) is 3.79. The molecule has 3 rings (SSSR count). The molecule has 138 valence electrons. The third-order valence-corrected chi connectivity index (χ3v) is 4.65. The number of fused-ring (bicyclic) bond motifs is 1. The molecule has 1 aromatic rings. The first-order chi connectivity index (χ1) is 12.2. The lowest BCUT2D eigenvalue weighted by Crippen LogP contribution is -2.12. The third-order valence-electron chi connectivity index (χ3n) is 3.38. The predicted molar refractivity (Wildman–Crippen MR) is 94.7 cm³/mol. The van der Waals surface area contributed by atoms with E-state index in [-0.39, 0.29) is 18.8 Å². The van der Waals surface area contributed by atoms with Crippen molar-refractivity contribution in [1.29, 1.82) is 0 Å². The lowest BCUT2D eigenvalue weighted by Gasteiger charge is -2.11. The zero-order valence-electron chi connectivity index (χ0n) is 13.1. The number of hydrogen-bond donors (Lipinski definition) is 1. The van der Waals surface area contributed by atoms with Crippen LogP contribution in [0.3, 0.4) is 0 Å². The molecule has 0 aliphatic carbocycles. The molecule has 0 aromatic heterocycles. The summed E-state index contributed by atoms with van der Waals surface area (Å²) < 4.78 is 38.6. The smallest absolute Gasteiger partial charge is 0.382 e. The van der Waals surface area contributed by atoms with E-state index in [0.29, 0.717) is 26.7 Å². The number of aromatic nitrogens is 4. The largest absolute Gasteiger partial charge is 0.389 e. The van der Waals surface area contributed by atoms with Gasteiger partial charge in [0.2, 0.25) is 0 Å². The first kappa shape index (κ1) is 19.1. The Labute approximate surface area is 161 Å². The molecule has 0 saturated carbocycles. The zero-order valence-corrected chi connectivity index (χ0v) is 15.4. The molecule has 0 unspecified atom stereocenters. The van der Waals surface area contributed by atoms with Crippen LogP contribution in [0, 0.1) is 0 Å². The highest BCUT2D eigenvalue weighted by atomic mass is 35.5. The van der Waals surface area contributed by atoms with Gasteiger partial charge < -0.3 is 10.3 Å². The minimum atomic E-state index is -4.20. The topological polar surface area (TPSA) is 69.6 Å². The number of anilines is 1. The molecule has 26 heavy (non-hydrogen) atoms. The average molecular weight is 422 g/mol. The van der Waals surface area contributed by atoms with Crippen molar-refractivity contribution < 1.29 is 13.2 Å². The van der Waals surface area contributed by atoms with Gasteiger partial charge in [0.25, 0.3) is 0 Å². The van der Waals surface area contributed by atoms with Gasteiger partial charge in [0.1, 0.15) is 0 Å². The van der Waals surface area contributed by atoms with Crippen molar-refractivity contribution in [3.05, 3.63) is 34.6 Å². The van der Waals surface area contributed by atoms with Gasteiger partial charge in [-0.2, -0.15) is 13.2 Å². The summed E-state index contributed by atoms with van der Waals surface area (Å²) in [7, 11) is 0. The summed E-state index contributed by atoms with van der Waals surface area (Å²) >= 11 is 13.2. The summed E-state index contributed by atoms with van der Waals surface area (Å²) in [4.78, 5) is 13.4. The molecule has 0 radical (unpaired) electrons. The normalized spacial score (nSPS) is 12.0. The van der Waals surface area contributed by atoms with Crippen LogP contribution in [0.2, 0.25) is 10.0 Å². The Kier molecular flexibility index (Phi) is 5.50. The van der Waals surface area contributed by atoms with Crippen molar-refractivity contribution in [2.75, 3.05) is 5.73 Å². The van der Waals surface area contributed by atoms with Crippen LogP contribution in [-0.2, 0) is 6.54 Å². The van der Waals surface area contributed by atoms with Crippen molar-refractivity contribution in [3.63, 3.8) is 0 Å². The third kappa shape index (κ3) is 4.72. The van der Waals surface area contributed by atoms with E-state index in [1.165, 1.54) is 22.7 Å². The van der Waals surface area contributed by atoms with Gasteiger partial charge in [-0.25, -0.2) is 15.0 Å². The van der Waals surface area contributed by atoms with Crippen LogP contribution in [0.25, 0.3) is 11.5 Å². The number of benzene rings is 1. The highest BCUT2D eigenvalue weighted by Crippen LogP contribution is 2.34. The fourth-order valence-electron chi connectivity index (χ4n) is 2.29. The Hall–Kier alpha value is -1.71. The maximum atomic E-state index is 12.4. The fraction of sp³-hybridized carbons (Fsp3) is 0.267. The van der Waals surface area contributed by atoms with Crippen LogP contribution in [0.15, 0.2) is 34.6 Å². The second kappa shape index (κ2) is 7.50. The van der Waals surface area contributed by atoms with Gasteiger partial charge in [0.15, 0.2) is 22.5 Å². The molecule has 1 aromatic carbocycles. The molecule has 0 atom stereocenters. The summed E-state index contributed by atoms with van der Waals surface area (Å²) in [6.45, 7) is 0.106. The lowest BCUT2D eigenvalue weighted by atomic mass is 10.3. The van der Waals surface area contributed by atoms with E-state index in [4.69, 9.17) is 28.9 Å². The van der Waals surface area contributed by atoms with E-state index in [9.17, 15) is 13.2 Å². The molecule has 2 aliphatic rings. The van der Waals surface area contributed by atoms with E-state index >= 15 is 0 Å². The van der Waals surface area contributed by atoms with Gasteiger partial charge in [-0.15, -0.1) is 0 Å². The van der Waals surface area contributed by atoms with E-state index in [2.05, 4.69) is 15.0 Å². The maximum Gasteiger partial charge on any atom is 0.389 e. The van der Waals surface area contributed by atoms with Gasteiger partial charge in [0, 0.05) is 27.9 Å². The quantitative estimate of drug-likeness (QED) is 0.615. The minimum Gasteiger partial charge on any atom is -0.382 e. The molecule has 2 heterocycles. The number of nitrogen functional groups attached to an aromatic ring is 1. The van der Waals surface area contributed by atoms with E-state index in [1.807, 2.05) is 0 Å². The molecule has 0 fully saturated rings. The van der Waals surface area contributed by atoms with Crippen molar-refractivity contribution in [1.82, 2.24) is 19.5 Å². The van der Waals surface area contributed by atoms with E-state index < -0.39 is 12.6 Å². The Bertz CT molecular complexity index is 879. The number of aryl methyl sites for hydroxylation is 1. The summed E-state index contributed by atoms with van der Waals surface area (Å²) in [5.41, 5.74) is 6.16. The number of halogens is 5. The molecule has 0 saturated heterocycles. The van der Waals surface area contributed by atoms with Crippen LogP contribution in [0.1, 0.15) is 12.8 Å².